The van der Waals surface area contributed by atoms with Crippen LogP contribution in [0.3, 0.4) is 0 Å². The molecule has 2 rings (SSSR count). The lowest BCUT2D eigenvalue weighted by Crippen LogP contribution is -2.05. The van der Waals surface area contributed by atoms with E-state index in [4.69, 9.17) is 27.9 Å². The monoisotopic (exact) mass is 295 g/mol. The van der Waals surface area contributed by atoms with Crippen LogP contribution in [0.4, 0.5) is 0 Å². The van der Waals surface area contributed by atoms with Gasteiger partial charge in [-0.2, -0.15) is 0 Å². The Bertz CT molecular complexity index is 541. The Balaban J connectivity index is 2.45. The predicted octanol–water partition coefficient (Wildman–Crippen LogP) is 5.40. The molecule has 1 radical (unpaired) electrons. The van der Waals surface area contributed by atoms with E-state index in [1.807, 2.05) is 24.3 Å². The molecule has 0 unspecified atom stereocenters. The third kappa shape index (κ3) is 2.98. The Morgan fingerprint density at radius 3 is 2.53 bits per heavy atom. The van der Waals surface area contributed by atoms with E-state index in [-0.39, 0.29) is 0 Å². The van der Waals surface area contributed by atoms with Gasteiger partial charge in [0.2, 0.25) is 0 Å². The molecule has 1 aliphatic rings. The van der Waals surface area contributed by atoms with Crippen molar-refractivity contribution in [2.45, 2.75) is 20.3 Å². The Morgan fingerprint density at radius 1 is 1.16 bits per heavy atom. The van der Waals surface area contributed by atoms with Crippen LogP contribution in [0.5, 0.6) is 5.75 Å². The van der Waals surface area contributed by atoms with Gasteiger partial charge in [0.25, 0.3) is 0 Å². The molecule has 3 heteroatoms. The third-order valence-electron chi connectivity index (χ3n) is 3.28. The van der Waals surface area contributed by atoms with Crippen molar-refractivity contribution in [1.82, 2.24) is 0 Å². The number of rotatable bonds is 3. The van der Waals surface area contributed by atoms with Gasteiger partial charge in [0, 0.05) is 0 Å². The first-order valence-electron chi connectivity index (χ1n) is 6.31. The smallest absolute Gasteiger partial charge is 0.119 e. The Kier molecular flexibility index (Phi) is 4.59. The fourth-order valence-corrected chi connectivity index (χ4v) is 2.90. The minimum Gasteiger partial charge on any atom is -0.497 e. The zero-order valence-corrected chi connectivity index (χ0v) is 12.8. The van der Waals surface area contributed by atoms with Crippen molar-refractivity contribution in [3.05, 3.63) is 51.9 Å². The van der Waals surface area contributed by atoms with Crippen molar-refractivity contribution >= 4 is 28.8 Å². The maximum Gasteiger partial charge on any atom is 0.119 e. The molecule has 1 nitrogen and oxygen atoms in total. The second-order valence-corrected chi connectivity index (χ2v) is 5.61. The Hall–Kier alpha value is -0.920. The average Bonchev–Trinajstić information content (AvgIpc) is 2.41. The van der Waals surface area contributed by atoms with E-state index in [1.54, 1.807) is 7.11 Å². The highest BCUT2D eigenvalue weighted by Crippen LogP contribution is 2.42. The van der Waals surface area contributed by atoms with Gasteiger partial charge in [0.15, 0.2) is 0 Å². The first-order chi connectivity index (χ1) is 9.04. The average molecular weight is 296 g/mol. The van der Waals surface area contributed by atoms with Gasteiger partial charge < -0.3 is 4.74 Å². The maximum absolute atomic E-state index is 6.43. The van der Waals surface area contributed by atoms with E-state index in [0.29, 0.717) is 16.0 Å². The minimum atomic E-state index is 0.383. The van der Waals surface area contributed by atoms with Gasteiger partial charge in [-0.3, -0.25) is 0 Å². The summed E-state index contributed by atoms with van der Waals surface area (Å²) >= 11 is 12.8. The summed E-state index contributed by atoms with van der Waals surface area (Å²) in [5.74, 6) is 1.21. The molecule has 19 heavy (non-hydrogen) atoms. The summed E-state index contributed by atoms with van der Waals surface area (Å²) in [5, 5.41) is 1.32. The van der Waals surface area contributed by atoms with Crippen molar-refractivity contribution in [1.29, 1.82) is 0 Å². The van der Waals surface area contributed by atoms with Gasteiger partial charge in [-0.1, -0.05) is 49.2 Å². The molecule has 0 saturated carbocycles. The lowest BCUT2D eigenvalue weighted by atomic mass is 9.88. The van der Waals surface area contributed by atoms with Gasteiger partial charge in [0.1, 0.15) is 5.75 Å². The van der Waals surface area contributed by atoms with Crippen LogP contribution in [-0.4, -0.2) is 7.11 Å². The van der Waals surface area contributed by atoms with Crippen LogP contribution in [-0.2, 0) is 0 Å². The first kappa shape index (κ1) is 14.5. The van der Waals surface area contributed by atoms with Gasteiger partial charge in [0.05, 0.1) is 17.2 Å². The number of ether oxygens (including phenoxy) is 1. The Labute approximate surface area is 124 Å². The molecule has 1 aliphatic carbocycles. The molecule has 0 N–H and O–H groups in total. The topological polar surface area (TPSA) is 9.23 Å². The number of hydrogen-bond acceptors (Lipinski definition) is 1. The summed E-state index contributed by atoms with van der Waals surface area (Å²) in [5.41, 5.74) is 3.23. The van der Waals surface area contributed by atoms with E-state index in [2.05, 4.69) is 20.3 Å². The number of hydrogen-bond donors (Lipinski definition) is 0. The highest BCUT2D eigenvalue weighted by Gasteiger charge is 2.22. The number of allylic oxidation sites excluding steroid dienone is 4. The summed E-state index contributed by atoms with van der Waals surface area (Å²) in [6, 6.07) is 7.89. The fraction of sp³-hybridized carbons (Fsp3) is 0.312. The molecule has 1 aromatic carbocycles. The van der Waals surface area contributed by atoms with Crippen LogP contribution < -0.4 is 4.74 Å². The molecule has 0 fully saturated rings. The molecule has 0 spiro atoms. The summed E-state index contributed by atoms with van der Waals surface area (Å²) < 4.78 is 5.25. The molecule has 0 saturated heterocycles. The zero-order chi connectivity index (χ0) is 14.0. The normalized spacial score (nSPS) is 16.3. The summed E-state index contributed by atoms with van der Waals surface area (Å²) in [7, 11) is 1.66. The van der Waals surface area contributed by atoms with E-state index in [9.17, 15) is 0 Å². The standard InChI is InChI=1S/C16H17Cl2O/c1-10(2)13-7-8-14(16(18)15(13)17)11-5-4-6-12(9-11)19-3/h4-7,9-10H,8H2,1-3H3. The van der Waals surface area contributed by atoms with Crippen LogP contribution in [0, 0.1) is 12.3 Å². The van der Waals surface area contributed by atoms with Crippen LogP contribution in [0.15, 0.2) is 39.9 Å². The molecule has 0 aliphatic heterocycles. The predicted molar refractivity (Wildman–Crippen MR) is 82.4 cm³/mol. The summed E-state index contributed by atoms with van der Waals surface area (Å²) in [6.45, 7) is 4.24. The molecule has 0 amide bonds. The SMILES string of the molecule is COc1cccc(C2=C(Cl)C(Cl)=C(C(C)C)[CH]C2)c1. The highest BCUT2D eigenvalue weighted by atomic mass is 35.5. The lowest BCUT2D eigenvalue weighted by Gasteiger charge is -2.22. The van der Waals surface area contributed by atoms with Crippen LogP contribution in [0.25, 0.3) is 5.57 Å². The molecule has 0 heterocycles. The van der Waals surface area contributed by atoms with Gasteiger partial charge in [-0.25, -0.2) is 0 Å². The number of methoxy groups -OCH3 is 1. The Morgan fingerprint density at radius 2 is 1.89 bits per heavy atom. The van der Waals surface area contributed by atoms with Crippen LogP contribution >= 0.6 is 23.2 Å². The summed E-state index contributed by atoms with van der Waals surface area (Å²) in [6.07, 6.45) is 2.96. The zero-order valence-electron chi connectivity index (χ0n) is 11.3. The molecule has 0 atom stereocenters. The fourth-order valence-electron chi connectivity index (χ4n) is 2.19. The van der Waals surface area contributed by atoms with E-state index in [0.717, 1.165) is 28.9 Å². The van der Waals surface area contributed by atoms with Crippen molar-refractivity contribution < 1.29 is 4.74 Å². The van der Waals surface area contributed by atoms with Crippen molar-refractivity contribution in [3.63, 3.8) is 0 Å². The third-order valence-corrected chi connectivity index (χ3v) is 4.20. The minimum absolute atomic E-state index is 0.383. The van der Waals surface area contributed by atoms with E-state index >= 15 is 0 Å². The largest absolute Gasteiger partial charge is 0.497 e. The van der Waals surface area contributed by atoms with E-state index in [1.165, 1.54) is 0 Å². The van der Waals surface area contributed by atoms with Crippen LogP contribution in [0.2, 0.25) is 0 Å². The maximum atomic E-state index is 6.43. The number of halogens is 2. The van der Waals surface area contributed by atoms with Crippen molar-refractivity contribution in [2.75, 3.05) is 7.11 Å². The molecule has 0 aromatic heterocycles. The molecular formula is C16H17Cl2O. The molecule has 0 bridgehead atoms. The molecule has 1 aromatic rings. The molecule has 101 valence electrons. The van der Waals surface area contributed by atoms with Gasteiger partial charge >= 0.3 is 0 Å². The van der Waals surface area contributed by atoms with Gasteiger partial charge in [-0.15, -0.1) is 0 Å². The second kappa shape index (κ2) is 6.02. The molecular weight excluding hydrogens is 279 g/mol. The van der Waals surface area contributed by atoms with Gasteiger partial charge in [-0.05, 0) is 47.6 Å². The summed E-state index contributed by atoms with van der Waals surface area (Å²) in [4.78, 5) is 0. The first-order valence-corrected chi connectivity index (χ1v) is 7.06. The number of benzene rings is 1. The lowest BCUT2D eigenvalue weighted by molar-refractivity contribution is 0.414. The van der Waals surface area contributed by atoms with Crippen molar-refractivity contribution in [2.24, 2.45) is 5.92 Å². The second-order valence-electron chi connectivity index (χ2n) is 4.86. The van der Waals surface area contributed by atoms with E-state index < -0.39 is 0 Å². The van der Waals surface area contributed by atoms with Crippen LogP contribution in [0.1, 0.15) is 25.8 Å². The quantitative estimate of drug-likeness (QED) is 0.725. The highest BCUT2D eigenvalue weighted by molar-refractivity contribution is 6.46. The van der Waals surface area contributed by atoms with Crippen molar-refractivity contribution in [3.8, 4) is 5.75 Å².